The Kier molecular flexibility index (Phi) is 5.04. The fourth-order valence-corrected chi connectivity index (χ4v) is 2.83. The molecule has 148 valence electrons. The molecule has 0 unspecified atom stereocenters. The summed E-state index contributed by atoms with van der Waals surface area (Å²) in [6.07, 6.45) is 0. The van der Waals surface area contributed by atoms with Gasteiger partial charge in [-0.15, -0.1) is 0 Å². The Hall–Kier alpha value is -3.43. The molecule has 0 spiro atoms. The van der Waals surface area contributed by atoms with Crippen LogP contribution in [0.4, 0.5) is 13.6 Å². The molecule has 3 rings (SSSR count). The summed E-state index contributed by atoms with van der Waals surface area (Å²) >= 11 is 0. The summed E-state index contributed by atoms with van der Waals surface area (Å²) in [5.74, 6) is -1.15. The quantitative estimate of drug-likeness (QED) is 0.598. The summed E-state index contributed by atoms with van der Waals surface area (Å²) in [7, 11) is 1.20. The molecule has 0 aliphatic carbocycles. The van der Waals surface area contributed by atoms with Gasteiger partial charge in [0.1, 0.15) is 17.0 Å². The number of hydrogen-bond acceptors (Lipinski definition) is 6. The van der Waals surface area contributed by atoms with Crippen molar-refractivity contribution in [3.8, 4) is 5.75 Å². The van der Waals surface area contributed by atoms with Crippen molar-refractivity contribution in [2.75, 3.05) is 7.11 Å². The molecule has 3 amide bonds. The number of furan rings is 1. The molecule has 0 bridgehead atoms. The molecule has 1 N–H and O–H groups in total. The normalized spacial score (nSPS) is 19.1. The first-order valence-corrected chi connectivity index (χ1v) is 8.11. The van der Waals surface area contributed by atoms with E-state index in [2.05, 4.69) is 14.8 Å². The van der Waals surface area contributed by atoms with Crippen molar-refractivity contribution >= 4 is 17.9 Å². The van der Waals surface area contributed by atoms with Gasteiger partial charge in [-0.2, -0.15) is 8.78 Å². The molecular weight excluding hydrogens is 378 g/mol. The lowest BCUT2D eigenvalue weighted by Crippen LogP contribution is -2.40. The van der Waals surface area contributed by atoms with E-state index in [4.69, 9.17) is 4.42 Å². The number of amides is 3. The van der Waals surface area contributed by atoms with E-state index in [-0.39, 0.29) is 23.8 Å². The summed E-state index contributed by atoms with van der Waals surface area (Å²) in [6.45, 7) is -1.66. The topological polar surface area (TPSA) is 98.1 Å². The van der Waals surface area contributed by atoms with Crippen molar-refractivity contribution in [2.45, 2.75) is 25.6 Å². The molecular formula is C18H16F2N2O6. The standard InChI is InChI=1S/C18H16F2N2O6/c1-18(10-3-5-11(6-4-10)28-16(19)20)15(24)22(17(25)21-18)9-12-7-8-13(27-12)14(23)26-2/h3-8,16H,9H2,1-2H3,(H,21,25)/t18-/m0/s1. The fraction of sp³-hybridized carbons (Fsp3) is 0.278. The smallest absolute Gasteiger partial charge is 0.387 e. The minimum Gasteiger partial charge on any atom is -0.463 e. The van der Waals surface area contributed by atoms with Crippen LogP contribution in [0.5, 0.6) is 5.75 Å². The maximum atomic E-state index is 12.9. The highest BCUT2D eigenvalue weighted by Crippen LogP contribution is 2.31. The van der Waals surface area contributed by atoms with Gasteiger partial charge in [-0.25, -0.2) is 9.59 Å². The van der Waals surface area contributed by atoms with Crippen molar-refractivity contribution in [1.29, 1.82) is 0 Å². The first-order chi connectivity index (χ1) is 13.2. The lowest BCUT2D eigenvalue weighted by Gasteiger charge is -2.22. The largest absolute Gasteiger partial charge is 0.463 e. The van der Waals surface area contributed by atoms with Crippen molar-refractivity contribution < 1.29 is 37.1 Å². The highest BCUT2D eigenvalue weighted by Gasteiger charge is 2.49. The minimum absolute atomic E-state index is 0.0538. The van der Waals surface area contributed by atoms with E-state index in [9.17, 15) is 23.2 Å². The minimum atomic E-state index is -2.96. The van der Waals surface area contributed by atoms with E-state index in [1.807, 2.05) is 0 Å². The highest BCUT2D eigenvalue weighted by atomic mass is 19.3. The number of halogens is 2. The van der Waals surface area contributed by atoms with E-state index < -0.39 is 30.1 Å². The molecule has 1 fully saturated rings. The number of rotatable bonds is 6. The monoisotopic (exact) mass is 394 g/mol. The molecule has 10 heteroatoms. The Labute approximate surface area is 158 Å². The molecule has 1 aliphatic heterocycles. The second-order valence-corrected chi connectivity index (χ2v) is 6.11. The second kappa shape index (κ2) is 7.29. The Morgan fingerprint density at radius 3 is 2.50 bits per heavy atom. The zero-order valence-electron chi connectivity index (χ0n) is 14.9. The maximum absolute atomic E-state index is 12.9. The van der Waals surface area contributed by atoms with Crippen molar-refractivity contribution in [3.05, 3.63) is 53.5 Å². The molecule has 8 nitrogen and oxygen atoms in total. The van der Waals surface area contributed by atoms with Crippen molar-refractivity contribution in [2.24, 2.45) is 0 Å². The second-order valence-electron chi connectivity index (χ2n) is 6.11. The summed E-state index contributed by atoms with van der Waals surface area (Å²) in [6, 6.07) is 7.58. The van der Waals surface area contributed by atoms with Gasteiger partial charge in [0.05, 0.1) is 13.7 Å². The van der Waals surface area contributed by atoms with Gasteiger partial charge in [-0.1, -0.05) is 12.1 Å². The predicted octanol–water partition coefficient (Wildman–Crippen LogP) is 2.63. The summed E-state index contributed by atoms with van der Waals surface area (Å²) in [4.78, 5) is 37.6. The Balaban J connectivity index is 1.78. The molecule has 1 saturated heterocycles. The van der Waals surface area contributed by atoms with Gasteiger partial charge in [-0.3, -0.25) is 9.69 Å². The SMILES string of the molecule is COC(=O)c1ccc(CN2C(=O)N[C@@](C)(c3ccc(OC(F)F)cc3)C2=O)o1. The van der Waals surface area contributed by atoms with Crippen LogP contribution in [-0.2, 0) is 21.6 Å². The number of carbonyl (C=O) groups is 3. The van der Waals surface area contributed by atoms with Gasteiger partial charge in [0.2, 0.25) is 5.76 Å². The third kappa shape index (κ3) is 3.53. The summed E-state index contributed by atoms with van der Waals surface area (Å²) in [5.41, 5.74) is -0.997. The molecule has 28 heavy (non-hydrogen) atoms. The van der Waals surface area contributed by atoms with Crippen LogP contribution >= 0.6 is 0 Å². The first kappa shape index (κ1) is 19.3. The first-order valence-electron chi connectivity index (χ1n) is 8.11. The van der Waals surface area contributed by atoms with Crippen LogP contribution in [-0.4, -0.2) is 36.5 Å². The zero-order valence-corrected chi connectivity index (χ0v) is 14.9. The highest BCUT2D eigenvalue weighted by molar-refractivity contribution is 6.07. The van der Waals surface area contributed by atoms with Crippen LogP contribution in [0.2, 0.25) is 0 Å². The van der Waals surface area contributed by atoms with Crippen LogP contribution in [0.1, 0.15) is 28.8 Å². The number of carbonyl (C=O) groups excluding carboxylic acids is 3. The number of methoxy groups -OCH3 is 1. The number of nitrogens with zero attached hydrogens (tertiary/aromatic N) is 1. The maximum Gasteiger partial charge on any atom is 0.387 e. The van der Waals surface area contributed by atoms with Crippen LogP contribution in [0, 0.1) is 0 Å². The van der Waals surface area contributed by atoms with Crippen LogP contribution in [0.15, 0.2) is 40.8 Å². The number of alkyl halides is 2. The van der Waals surface area contributed by atoms with Crippen molar-refractivity contribution in [1.82, 2.24) is 10.2 Å². The average molecular weight is 394 g/mol. The van der Waals surface area contributed by atoms with Gasteiger partial charge in [0.25, 0.3) is 5.91 Å². The van der Waals surface area contributed by atoms with Gasteiger partial charge in [0.15, 0.2) is 0 Å². The Morgan fingerprint density at radius 1 is 1.21 bits per heavy atom. The number of hydrogen-bond donors (Lipinski definition) is 1. The number of esters is 1. The Morgan fingerprint density at radius 2 is 1.89 bits per heavy atom. The van der Waals surface area contributed by atoms with E-state index in [0.29, 0.717) is 5.56 Å². The molecule has 1 atom stereocenters. The van der Waals surface area contributed by atoms with Crippen molar-refractivity contribution in [3.63, 3.8) is 0 Å². The number of nitrogens with one attached hydrogen (secondary N) is 1. The fourth-order valence-electron chi connectivity index (χ4n) is 2.83. The Bertz CT molecular complexity index is 911. The van der Waals surface area contributed by atoms with E-state index in [0.717, 1.165) is 4.90 Å². The van der Waals surface area contributed by atoms with E-state index in [1.165, 1.54) is 50.4 Å². The number of ether oxygens (including phenoxy) is 2. The van der Waals surface area contributed by atoms with Gasteiger partial charge in [-0.05, 0) is 36.8 Å². The summed E-state index contributed by atoms with van der Waals surface area (Å²) < 4.78 is 38.6. The average Bonchev–Trinajstić information content (AvgIpc) is 3.21. The number of urea groups is 1. The molecule has 0 radical (unpaired) electrons. The zero-order chi connectivity index (χ0) is 20.5. The van der Waals surface area contributed by atoms with Gasteiger partial charge in [0, 0.05) is 0 Å². The molecule has 2 aromatic rings. The molecule has 1 aromatic carbocycles. The predicted molar refractivity (Wildman–Crippen MR) is 89.6 cm³/mol. The van der Waals surface area contributed by atoms with E-state index in [1.54, 1.807) is 0 Å². The lowest BCUT2D eigenvalue weighted by atomic mass is 9.92. The third-order valence-corrected chi connectivity index (χ3v) is 4.29. The number of benzene rings is 1. The van der Waals surface area contributed by atoms with Gasteiger partial charge < -0.3 is 19.2 Å². The molecule has 0 saturated carbocycles. The van der Waals surface area contributed by atoms with Crippen LogP contribution < -0.4 is 10.1 Å². The lowest BCUT2D eigenvalue weighted by molar-refractivity contribution is -0.131. The van der Waals surface area contributed by atoms with E-state index >= 15 is 0 Å². The number of imide groups is 1. The third-order valence-electron chi connectivity index (χ3n) is 4.29. The van der Waals surface area contributed by atoms with Gasteiger partial charge >= 0.3 is 18.6 Å². The van der Waals surface area contributed by atoms with Crippen LogP contribution in [0.3, 0.4) is 0 Å². The molecule has 2 heterocycles. The summed E-state index contributed by atoms with van der Waals surface area (Å²) in [5, 5.41) is 2.58. The molecule has 1 aliphatic rings. The van der Waals surface area contributed by atoms with Crippen LogP contribution in [0.25, 0.3) is 0 Å². The molecule has 1 aromatic heterocycles.